The summed E-state index contributed by atoms with van der Waals surface area (Å²) in [6, 6.07) is 0. The predicted octanol–water partition coefficient (Wildman–Crippen LogP) is 0.172. The fraction of sp³-hybridized carbons (Fsp3) is 0.583. The number of nitrogens with two attached hydrogens (primary N) is 1. The lowest BCUT2D eigenvalue weighted by molar-refractivity contribution is -0.120. The number of rotatable bonds is 3. The highest BCUT2D eigenvalue weighted by Crippen LogP contribution is 2.28. The predicted molar refractivity (Wildman–Crippen MR) is 72.0 cm³/mol. The molecule has 1 saturated heterocycles. The van der Waals surface area contributed by atoms with Crippen molar-refractivity contribution in [2.75, 3.05) is 30.3 Å². The van der Waals surface area contributed by atoms with Gasteiger partial charge >= 0.3 is 0 Å². The summed E-state index contributed by atoms with van der Waals surface area (Å²) in [6.07, 6.45) is 1.87. The summed E-state index contributed by atoms with van der Waals surface area (Å²) in [7, 11) is 0. The van der Waals surface area contributed by atoms with E-state index in [2.05, 4.69) is 15.3 Å². The first-order valence-electron chi connectivity index (χ1n) is 6.36. The van der Waals surface area contributed by atoms with Crippen LogP contribution >= 0.6 is 0 Å². The molecule has 1 fully saturated rings. The van der Waals surface area contributed by atoms with E-state index in [9.17, 15) is 4.79 Å². The average Bonchev–Trinajstić information content (AvgIpc) is 2.56. The molecule has 0 aliphatic carbocycles. The summed E-state index contributed by atoms with van der Waals surface area (Å²) in [6.45, 7) is 5.68. The van der Waals surface area contributed by atoms with Gasteiger partial charge in [-0.2, -0.15) is 4.98 Å². The minimum absolute atomic E-state index is 0.00238. The van der Waals surface area contributed by atoms with Crippen molar-refractivity contribution in [2.45, 2.75) is 26.4 Å². The molecule has 0 saturated carbocycles. The van der Waals surface area contributed by atoms with Gasteiger partial charge in [0.25, 0.3) is 0 Å². The molecule has 1 aromatic rings. The van der Waals surface area contributed by atoms with Crippen LogP contribution in [0.4, 0.5) is 11.5 Å². The zero-order valence-corrected chi connectivity index (χ0v) is 11.2. The van der Waals surface area contributed by atoms with Gasteiger partial charge in [0.15, 0.2) is 5.82 Å². The number of nitrogen functional groups attached to an aromatic ring is 1. The summed E-state index contributed by atoms with van der Waals surface area (Å²) >= 11 is 0. The number of carbonyl (C=O) groups excluding carboxylic acids is 1. The first kappa shape index (κ1) is 13.4. The zero-order valence-electron chi connectivity index (χ0n) is 11.2. The van der Waals surface area contributed by atoms with Crippen LogP contribution in [-0.4, -0.2) is 41.6 Å². The van der Waals surface area contributed by atoms with E-state index in [0.29, 0.717) is 43.4 Å². The number of ether oxygens (including phenoxy) is 1. The molecule has 2 heterocycles. The van der Waals surface area contributed by atoms with E-state index in [4.69, 9.17) is 10.5 Å². The van der Waals surface area contributed by atoms with Gasteiger partial charge in [-0.3, -0.25) is 4.79 Å². The van der Waals surface area contributed by atoms with Crippen LogP contribution in [0, 0.1) is 0 Å². The van der Waals surface area contributed by atoms with Gasteiger partial charge in [0.1, 0.15) is 12.0 Å². The number of carbonyl (C=O) groups is 1. The Balaban J connectivity index is 2.21. The summed E-state index contributed by atoms with van der Waals surface area (Å²) in [5.41, 5.74) is 6.47. The number of hydrogen-bond acceptors (Lipinski definition) is 6. The molecule has 0 unspecified atom stereocenters. The van der Waals surface area contributed by atoms with E-state index in [1.807, 2.05) is 18.7 Å². The third kappa shape index (κ3) is 3.24. The second-order valence-corrected chi connectivity index (χ2v) is 4.67. The molecule has 104 valence electrons. The number of amides is 1. The molecule has 0 spiro atoms. The number of nitrogens with zero attached hydrogens (tertiary/aromatic N) is 3. The molecule has 1 aromatic heterocycles. The molecule has 1 aliphatic heterocycles. The number of aromatic nitrogens is 2. The van der Waals surface area contributed by atoms with Crippen LogP contribution in [0.25, 0.3) is 0 Å². The molecule has 1 amide bonds. The SMILES string of the molecule is CC(C)Oc1ncnc(N2CCNC(=O)CC2)c1N. The van der Waals surface area contributed by atoms with Crippen LogP contribution in [0.1, 0.15) is 20.3 Å². The van der Waals surface area contributed by atoms with Crippen molar-refractivity contribution in [2.24, 2.45) is 0 Å². The molecule has 0 bridgehead atoms. The van der Waals surface area contributed by atoms with Crippen molar-refractivity contribution in [3.63, 3.8) is 0 Å². The first-order valence-corrected chi connectivity index (χ1v) is 6.36. The Morgan fingerprint density at radius 1 is 1.42 bits per heavy atom. The van der Waals surface area contributed by atoms with E-state index >= 15 is 0 Å². The van der Waals surface area contributed by atoms with Gasteiger partial charge in [-0.05, 0) is 13.8 Å². The van der Waals surface area contributed by atoms with Gasteiger partial charge in [-0.1, -0.05) is 0 Å². The Morgan fingerprint density at radius 2 is 2.21 bits per heavy atom. The van der Waals surface area contributed by atoms with Crippen LogP contribution in [0.15, 0.2) is 6.33 Å². The van der Waals surface area contributed by atoms with Gasteiger partial charge in [-0.25, -0.2) is 4.98 Å². The minimum Gasteiger partial charge on any atom is -0.473 e. The topological polar surface area (TPSA) is 93.4 Å². The fourth-order valence-corrected chi connectivity index (χ4v) is 1.92. The largest absolute Gasteiger partial charge is 0.473 e. The molecule has 1 aliphatic rings. The molecular formula is C12H19N5O2. The lowest BCUT2D eigenvalue weighted by Gasteiger charge is -2.23. The summed E-state index contributed by atoms with van der Waals surface area (Å²) in [5, 5.41) is 2.81. The third-order valence-electron chi connectivity index (χ3n) is 2.79. The summed E-state index contributed by atoms with van der Waals surface area (Å²) in [4.78, 5) is 21.6. The zero-order chi connectivity index (χ0) is 13.8. The Kier molecular flexibility index (Phi) is 4.03. The summed E-state index contributed by atoms with van der Waals surface area (Å²) < 4.78 is 5.54. The molecular weight excluding hydrogens is 246 g/mol. The molecule has 0 atom stereocenters. The van der Waals surface area contributed by atoms with Crippen LogP contribution in [0.2, 0.25) is 0 Å². The quantitative estimate of drug-likeness (QED) is 0.809. The molecule has 3 N–H and O–H groups in total. The monoisotopic (exact) mass is 265 g/mol. The van der Waals surface area contributed by atoms with Gasteiger partial charge < -0.3 is 20.7 Å². The average molecular weight is 265 g/mol. The van der Waals surface area contributed by atoms with Crippen LogP contribution in [-0.2, 0) is 4.79 Å². The summed E-state index contributed by atoms with van der Waals surface area (Å²) in [5.74, 6) is 1.07. The molecule has 2 rings (SSSR count). The maximum absolute atomic E-state index is 11.3. The number of hydrogen-bond donors (Lipinski definition) is 2. The van der Waals surface area contributed by atoms with E-state index in [1.54, 1.807) is 0 Å². The maximum Gasteiger partial charge on any atom is 0.242 e. The van der Waals surface area contributed by atoms with Gasteiger partial charge in [0, 0.05) is 26.1 Å². The van der Waals surface area contributed by atoms with Crippen LogP contribution in [0.5, 0.6) is 5.88 Å². The third-order valence-corrected chi connectivity index (χ3v) is 2.79. The normalized spacial score (nSPS) is 16.2. The van der Waals surface area contributed by atoms with Crippen molar-refractivity contribution in [1.82, 2.24) is 15.3 Å². The lowest BCUT2D eigenvalue weighted by Crippen LogP contribution is -2.30. The molecule has 19 heavy (non-hydrogen) atoms. The van der Waals surface area contributed by atoms with Gasteiger partial charge in [0.2, 0.25) is 11.8 Å². The van der Waals surface area contributed by atoms with Crippen LogP contribution in [0.3, 0.4) is 0 Å². The Hall–Kier alpha value is -2.05. The standard InChI is InChI=1S/C12H19N5O2/c1-8(2)19-12-10(13)11(15-7-16-12)17-5-3-9(18)14-4-6-17/h7-8H,3-6,13H2,1-2H3,(H,14,18). The maximum atomic E-state index is 11.3. The lowest BCUT2D eigenvalue weighted by atomic mass is 10.3. The first-order chi connectivity index (χ1) is 9.08. The van der Waals surface area contributed by atoms with Crippen LogP contribution < -0.4 is 20.7 Å². The Bertz CT molecular complexity index is 463. The molecule has 0 radical (unpaired) electrons. The minimum atomic E-state index is -0.00238. The number of anilines is 2. The molecule has 7 heteroatoms. The smallest absolute Gasteiger partial charge is 0.242 e. The molecule has 0 aromatic carbocycles. The van der Waals surface area contributed by atoms with Gasteiger partial charge in [0.05, 0.1) is 6.10 Å². The van der Waals surface area contributed by atoms with Crippen molar-refractivity contribution in [1.29, 1.82) is 0 Å². The van der Waals surface area contributed by atoms with E-state index < -0.39 is 0 Å². The highest BCUT2D eigenvalue weighted by molar-refractivity contribution is 5.78. The van der Waals surface area contributed by atoms with Crippen molar-refractivity contribution < 1.29 is 9.53 Å². The Morgan fingerprint density at radius 3 is 2.95 bits per heavy atom. The highest BCUT2D eigenvalue weighted by Gasteiger charge is 2.19. The van der Waals surface area contributed by atoms with E-state index in [0.717, 1.165) is 0 Å². The van der Waals surface area contributed by atoms with Crippen molar-refractivity contribution in [3.05, 3.63) is 6.33 Å². The van der Waals surface area contributed by atoms with Crippen molar-refractivity contribution in [3.8, 4) is 5.88 Å². The highest BCUT2D eigenvalue weighted by atomic mass is 16.5. The molecule has 7 nitrogen and oxygen atoms in total. The second kappa shape index (κ2) is 5.73. The number of nitrogens with one attached hydrogen (secondary N) is 1. The second-order valence-electron chi connectivity index (χ2n) is 4.67. The Labute approximate surface area is 112 Å². The van der Waals surface area contributed by atoms with E-state index in [1.165, 1.54) is 6.33 Å². The van der Waals surface area contributed by atoms with E-state index in [-0.39, 0.29) is 12.0 Å². The fourth-order valence-electron chi connectivity index (χ4n) is 1.92. The van der Waals surface area contributed by atoms with Crippen molar-refractivity contribution >= 4 is 17.4 Å². The van der Waals surface area contributed by atoms with Gasteiger partial charge in [-0.15, -0.1) is 0 Å².